The summed E-state index contributed by atoms with van der Waals surface area (Å²) in [6.07, 6.45) is 0.785. The summed E-state index contributed by atoms with van der Waals surface area (Å²) in [4.78, 5) is 0. The largest absolute Gasteiger partial charge is 0.391 e. The zero-order valence-corrected chi connectivity index (χ0v) is 10.5. The van der Waals surface area contributed by atoms with Crippen LogP contribution in [0.3, 0.4) is 0 Å². The molecular weight excluding hydrogens is 176 g/mol. The van der Waals surface area contributed by atoms with Crippen molar-refractivity contribution in [2.75, 3.05) is 6.61 Å². The maximum Gasteiger partial charge on any atom is 0.0745 e. The van der Waals surface area contributed by atoms with Crippen molar-refractivity contribution < 1.29 is 9.84 Å². The molecular formula is C12H26O2. The zero-order valence-electron chi connectivity index (χ0n) is 10.5. The Balaban J connectivity index is 4.02. The van der Waals surface area contributed by atoms with Gasteiger partial charge in [-0.15, -0.1) is 0 Å². The molecule has 14 heavy (non-hydrogen) atoms. The lowest BCUT2D eigenvalue weighted by Crippen LogP contribution is -2.35. The lowest BCUT2D eigenvalue weighted by Gasteiger charge is -2.33. The summed E-state index contributed by atoms with van der Waals surface area (Å²) in [5.74, 6) is 1.21. The molecule has 0 amide bonds. The van der Waals surface area contributed by atoms with Gasteiger partial charge in [0.15, 0.2) is 0 Å². The summed E-state index contributed by atoms with van der Waals surface area (Å²) >= 11 is 0. The van der Waals surface area contributed by atoms with Crippen molar-refractivity contribution >= 4 is 0 Å². The molecule has 0 bridgehead atoms. The Morgan fingerprint density at radius 3 is 2.00 bits per heavy atom. The number of aliphatic hydroxyl groups excluding tert-OH is 1. The van der Waals surface area contributed by atoms with Crippen LogP contribution in [0.2, 0.25) is 0 Å². The van der Waals surface area contributed by atoms with Gasteiger partial charge in [-0.05, 0) is 39.0 Å². The van der Waals surface area contributed by atoms with Gasteiger partial charge in [-0.1, -0.05) is 20.8 Å². The Bertz CT molecular complexity index is 150. The van der Waals surface area contributed by atoms with Crippen LogP contribution in [-0.2, 0) is 4.74 Å². The molecule has 1 N–H and O–H groups in total. The van der Waals surface area contributed by atoms with E-state index in [-0.39, 0.29) is 11.7 Å². The fourth-order valence-electron chi connectivity index (χ4n) is 1.47. The summed E-state index contributed by atoms with van der Waals surface area (Å²) in [6, 6.07) is 0. The molecule has 2 unspecified atom stereocenters. The van der Waals surface area contributed by atoms with Gasteiger partial charge in [0.2, 0.25) is 0 Å². The van der Waals surface area contributed by atoms with E-state index in [1.165, 1.54) is 0 Å². The van der Waals surface area contributed by atoms with Crippen LogP contribution in [0.4, 0.5) is 0 Å². The Kier molecular flexibility index (Phi) is 5.68. The molecule has 2 atom stereocenters. The minimum atomic E-state index is -0.375. The van der Waals surface area contributed by atoms with E-state index in [4.69, 9.17) is 9.84 Å². The van der Waals surface area contributed by atoms with Crippen LogP contribution < -0.4 is 0 Å². The normalized spacial score (nSPS) is 17.1. The monoisotopic (exact) mass is 202 g/mol. The number of aliphatic hydroxyl groups is 1. The number of hydrogen-bond acceptors (Lipinski definition) is 2. The van der Waals surface area contributed by atoms with Crippen LogP contribution in [0.1, 0.15) is 48.0 Å². The molecule has 0 aromatic carbocycles. The van der Waals surface area contributed by atoms with E-state index in [0.717, 1.165) is 6.42 Å². The van der Waals surface area contributed by atoms with Crippen molar-refractivity contribution in [1.29, 1.82) is 0 Å². The zero-order chi connectivity index (χ0) is 11.4. The molecule has 0 aliphatic heterocycles. The SMILES string of the molecule is CC(C)CC(C)C(C)(C)OCC(C)O. The standard InChI is InChI=1S/C12H26O2/c1-9(2)7-10(3)12(5,6)14-8-11(4)13/h9-11,13H,7-8H2,1-6H3. The molecule has 0 saturated heterocycles. The molecule has 0 fully saturated rings. The van der Waals surface area contributed by atoms with Gasteiger partial charge in [0.05, 0.1) is 18.3 Å². The highest BCUT2D eigenvalue weighted by atomic mass is 16.5. The quantitative estimate of drug-likeness (QED) is 0.717. The molecule has 0 rings (SSSR count). The summed E-state index contributed by atoms with van der Waals surface area (Å²) in [5.41, 5.74) is -0.138. The van der Waals surface area contributed by atoms with Crippen molar-refractivity contribution in [2.24, 2.45) is 11.8 Å². The lowest BCUT2D eigenvalue weighted by atomic mass is 9.85. The predicted molar refractivity (Wildman–Crippen MR) is 60.3 cm³/mol. The minimum Gasteiger partial charge on any atom is -0.391 e. The third-order valence-electron chi connectivity index (χ3n) is 2.71. The van der Waals surface area contributed by atoms with Crippen LogP contribution >= 0.6 is 0 Å². The first-order valence-electron chi connectivity index (χ1n) is 5.57. The summed E-state index contributed by atoms with van der Waals surface area (Å²) < 4.78 is 5.70. The topological polar surface area (TPSA) is 29.5 Å². The van der Waals surface area contributed by atoms with Crippen LogP contribution in [0.25, 0.3) is 0 Å². The van der Waals surface area contributed by atoms with Crippen molar-refractivity contribution in [3.63, 3.8) is 0 Å². The number of ether oxygens (including phenoxy) is 1. The highest BCUT2D eigenvalue weighted by Gasteiger charge is 2.27. The fraction of sp³-hybridized carbons (Fsp3) is 1.00. The van der Waals surface area contributed by atoms with Crippen molar-refractivity contribution in [2.45, 2.75) is 59.7 Å². The van der Waals surface area contributed by atoms with Gasteiger partial charge < -0.3 is 9.84 Å². The van der Waals surface area contributed by atoms with Gasteiger partial charge in [-0.3, -0.25) is 0 Å². The molecule has 0 aromatic heterocycles. The molecule has 2 heteroatoms. The molecule has 0 radical (unpaired) electrons. The van der Waals surface area contributed by atoms with Gasteiger partial charge in [0.25, 0.3) is 0 Å². The number of hydrogen-bond donors (Lipinski definition) is 1. The summed E-state index contributed by atoms with van der Waals surface area (Å²) in [5, 5.41) is 9.15. The maximum absolute atomic E-state index is 9.15. The van der Waals surface area contributed by atoms with E-state index in [9.17, 15) is 0 Å². The van der Waals surface area contributed by atoms with Gasteiger partial charge in [-0.25, -0.2) is 0 Å². The first-order valence-corrected chi connectivity index (χ1v) is 5.57. The highest BCUT2D eigenvalue weighted by molar-refractivity contribution is 4.77. The van der Waals surface area contributed by atoms with Crippen LogP contribution in [0, 0.1) is 11.8 Å². The van der Waals surface area contributed by atoms with E-state index in [0.29, 0.717) is 18.4 Å². The van der Waals surface area contributed by atoms with Crippen LogP contribution in [0.15, 0.2) is 0 Å². The first kappa shape index (κ1) is 13.9. The van der Waals surface area contributed by atoms with E-state index in [1.54, 1.807) is 6.92 Å². The van der Waals surface area contributed by atoms with Gasteiger partial charge in [0.1, 0.15) is 0 Å². The van der Waals surface area contributed by atoms with E-state index in [1.807, 2.05) is 0 Å². The molecule has 0 aromatic rings. The third-order valence-corrected chi connectivity index (χ3v) is 2.71. The molecule has 0 saturated carbocycles. The third kappa shape index (κ3) is 5.61. The molecule has 86 valence electrons. The van der Waals surface area contributed by atoms with Crippen LogP contribution in [0.5, 0.6) is 0 Å². The molecule has 0 aliphatic rings. The second-order valence-corrected chi connectivity index (χ2v) is 5.29. The first-order chi connectivity index (χ1) is 6.25. The summed E-state index contributed by atoms with van der Waals surface area (Å²) in [7, 11) is 0. The Labute approximate surface area is 88.7 Å². The van der Waals surface area contributed by atoms with Gasteiger partial charge in [0, 0.05) is 0 Å². The van der Waals surface area contributed by atoms with E-state index < -0.39 is 0 Å². The lowest BCUT2D eigenvalue weighted by molar-refractivity contribution is -0.0872. The van der Waals surface area contributed by atoms with E-state index >= 15 is 0 Å². The fourth-order valence-corrected chi connectivity index (χ4v) is 1.47. The van der Waals surface area contributed by atoms with E-state index in [2.05, 4.69) is 34.6 Å². The average molecular weight is 202 g/mol. The second-order valence-electron chi connectivity index (χ2n) is 5.29. The minimum absolute atomic E-state index is 0.138. The smallest absolute Gasteiger partial charge is 0.0745 e. The average Bonchev–Trinajstić information content (AvgIpc) is 1.99. The van der Waals surface area contributed by atoms with Crippen molar-refractivity contribution in [3.8, 4) is 0 Å². The Morgan fingerprint density at radius 2 is 1.64 bits per heavy atom. The van der Waals surface area contributed by atoms with Crippen molar-refractivity contribution in [3.05, 3.63) is 0 Å². The molecule has 2 nitrogen and oxygen atoms in total. The number of rotatable bonds is 6. The maximum atomic E-state index is 9.15. The summed E-state index contributed by atoms with van der Waals surface area (Å²) in [6.45, 7) is 13.0. The van der Waals surface area contributed by atoms with Gasteiger partial charge in [-0.2, -0.15) is 0 Å². The molecule has 0 spiro atoms. The van der Waals surface area contributed by atoms with Gasteiger partial charge >= 0.3 is 0 Å². The second kappa shape index (κ2) is 5.72. The molecule has 0 aliphatic carbocycles. The molecule has 0 heterocycles. The predicted octanol–water partition coefficient (Wildman–Crippen LogP) is 2.84. The highest BCUT2D eigenvalue weighted by Crippen LogP contribution is 2.27. The van der Waals surface area contributed by atoms with Crippen LogP contribution in [-0.4, -0.2) is 23.4 Å². The Hall–Kier alpha value is -0.0800. The van der Waals surface area contributed by atoms with Crippen molar-refractivity contribution in [1.82, 2.24) is 0 Å². The Morgan fingerprint density at radius 1 is 1.14 bits per heavy atom.